The topological polar surface area (TPSA) is 23.3 Å². The molecule has 1 atom stereocenters. The smallest absolute Gasteiger partial charge is 0.640 e. The zero-order valence-electron chi connectivity index (χ0n) is 8.50. The minimum absolute atomic E-state index is 0. The second kappa shape index (κ2) is 5.09. The van der Waals surface area contributed by atoms with E-state index < -0.39 is 5.18 Å². The molecule has 0 amide bonds. The van der Waals surface area contributed by atoms with Crippen LogP contribution >= 0.6 is 23.2 Å². The number of nitrogens with zero attached hydrogens (tertiary/aromatic N) is 1. The van der Waals surface area contributed by atoms with E-state index in [4.69, 9.17) is 27.9 Å². The van der Waals surface area contributed by atoms with Gasteiger partial charge in [0.05, 0.1) is 5.18 Å². The van der Waals surface area contributed by atoms with Crippen LogP contribution in [-0.2, 0) is 4.74 Å². The maximum absolute atomic E-state index is 6.05. The summed E-state index contributed by atoms with van der Waals surface area (Å²) in [4.78, 5) is 0. The van der Waals surface area contributed by atoms with Crippen molar-refractivity contribution in [3.05, 3.63) is 41.2 Å². The number of para-hydroxylation sites is 1. The van der Waals surface area contributed by atoms with Gasteiger partial charge in [-0.2, -0.15) is 0 Å². The molecule has 1 aliphatic rings. The van der Waals surface area contributed by atoms with E-state index >= 15 is 0 Å². The predicted molar refractivity (Wildman–Crippen MR) is 58.9 cm³/mol. The molecular weight excluding hydrogens is 244 g/mol. The van der Waals surface area contributed by atoms with E-state index in [9.17, 15) is 0 Å². The van der Waals surface area contributed by atoms with Crippen LogP contribution in [0.4, 0.5) is 5.69 Å². The second-order valence-electron chi connectivity index (χ2n) is 2.93. The van der Waals surface area contributed by atoms with Crippen molar-refractivity contribution in [2.75, 3.05) is 7.11 Å². The van der Waals surface area contributed by atoms with E-state index in [1.807, 2.05) is 24.3 Å². The van der Waals surface area contributed by atoms with Crippen molar-refractivity contribution in [2.45, 2.75) is 5.18 Å². The summed E-state index contributed by atoms with van der Waals surface area (Å²) >= 11 is 12.1. The van der Waals surface area contributed by atoms with Crippen molar-refractivity contribution in [1.82, 2.24) is 0 Å². The molecular formula is C10H8Cl2NNaO. The number of methoxy groups -OCH3 is 1. The van der Waals surface area contributed by atoms with Gasteiger partial charge in [0.25, 0.3) is 0 Å². The van der Waals surface area contributed by atoms with Crippen LogP contribution in [0.25, 0.3) is 10.3 Å². The molecule has 1 heterocycles. The van der Waals surface area contributed by atoms with Gasteiger partial charge in [0.2, 0.25) is 0 Å². The van der Waals surface area contributed by atoms with Crippen LogP contribution < -0.4 is 29.6 Å². The van der Waals surface area contributed by atoms with Crippen molar-refractivity contribution in [3.8, 4) is 0 Å². The SMILES string of the molecule is COC1(Cl)C=C(Cl)c2ccccc2[N-]1.[Na+]. The van der Waals surface area contributed by atoms with E-state index in [1.165, 1.54) is 7.11 Å². The zero-order chi connectivity index (χ0) is 10.2. The molecule has 0 bridgehead atoms. The van der Waals surface area contributed by atoms with Gasteiger partial charge in [-0.3, -0.25) is 0 Å². The van der Waals surface area contributed by atoms with Crippen LogP contribution in [-0.4, -0.2) is 12.3 Å². The van der Waals surface area contributed by atoms with Gasteiger partial charge in [0.1, 0.15) is 0 Å². The van der Waals surface area contributed by atoms with Crippen LogP contribution in [0.3, 0.4) is 0 Å². The molecule has 0 spiro atoms. The molecule has 0 aromatic heterocycles. The Morgan fingerprint density at radius 3 is 2.67 bits per heavy atom. The molecule has 2 rings (SSSR count). The van der Waals surface area contributed by atoms with Crippen LogP contribution in [0.5, 0.6) is 0 Å². The van der Waals surface area contributed by atoms with Gasteiger partial charge in [-0.1, -0.05) is 35.9 Å². The largest absolute Gasteiger partial charge is 1.00 e. The number of halogens is 2. The van der Waals surface area contributed by atoms with Crippen molar-refractivity contribution in [2.24, 2.45) is 0 Å². The fraction of sp³-hybridized carbons (Fsp3) is 0.200. The van der Waals surface area contributed by atoms with E-state index in [2.05, 4.69) is 5.32 Å². The number of alkyl halides is 1. The molecule has 0 fully saturated rings. The molecule has 2 nitrogen and oxygen atoms in total. The first kappa shape index (κ1) is 13.4. The quantitative estimate of drug-likeness (QED) is 0.412. The summed E-state index contributed by atoms with van der Waals surface area (Å²) in [6.45, 7) is 0. The summed E-state index contributed by atoms with van der Waals surface area (Å²) < 4.78 is 5.04. The molecule has 0 saturated carbocycles. The maximum Gasteiger partial charge on any atom is 1.00 e. The Balaban J connectivity index is 0.00000112. The third-order valence-electron chi connectivity index (χ3n) is 2.03. The summed E-state index contributed by atoms with van der Waals surface area (Å²) in [5.74, 6) is 0. The molecule has 1 aliphatic heterocycles. The third kappa shape index (κ3) is 2.70. The van der Waals surface area contributed by atoms with Crippen LogP contribution in [0.15, 0.2) is 30.3 Å². The molecule has 5 heteroatoms. The molecule has 1 unspecified atom stereocenters. The summed E-state index contributed by atoms with van der Waals surface area (Å²) in [5.41, 5.74) is 1.62. The predicted octanol–water partition coefficient (Wildman–Crippen LogP) is 0.828. The maximum atomic E-state index is 6.05. The first-order valence-electron chi connectivity index (χ1n) is 4.09. The van der Waals surface area contributed by atoms with Gasteiger partial charge in [-0.15, -0.1) is 17.3 Å². The first-order chi connectivity index (χ1) is 6.64. The molecule has 0 aliphatic carbocycles. The number of rotatable bonds is 1. The molecule has 1 aromatic rings. The standard InChI is InChI=1S/C10H8Cl2NO.Na/c1-14-10(12)6-8(11)7-4-2-3-5-9(7)13-10;/h2-6H,1H3;/q-1;+1. The van der Waals surface area contributed by atoms with E-state index in [1.54, 1.807) is 6.08 Å². The van der Waals surface area contributed by atoms with Crippen LogP contribution in [0, 0.1) is 0 Å². The monoisotopic (exact) mass is 251 g/mol. The Hall–Kier alpha value is 0.300. The Labute approximate surface area is 121 Å². The van der Waals surface area contributed by atoms with E-state index in [0.717, 1.165) is 11.3 Å². The third-order valence-corrected chi connectivity index (χ3v) is 2.69. The second-order valence-corrected chi connectivity index (χ2v) is 3.88. The number of ether oxygens (including phenoxy) is 1. The average Bonchev–Trinajstić information content (AvgIpc) is 2.18. The molecule has 0 N–H and O–H groups in total. The van der Waals surface area contributed by atoms with Crippen molar-refractivity contribution < 1.29 is 34.3 Å². The van der Waals surface area contributed by atoms with Crippen LogP contribution in [0.1, 0.15) is 5.56 Å². The normalized spacial score (nSPS) is 23.3. The first-order valence-corrected chi connectivity index (χ1v) is 4.85. The van der Waals surface area contributed by atoms with Crippen LogP contribution in [0.2, 0.25) is 0 Å². The summed E-state index contributed by atoms with van der Waals surface area (Å²) in [7, 11) is 1.49. The van der Waals surface area contributed by atoms with Gasteiger partial charge in [0, 0.05) is 12.1 Å². The Morgan fingerprint density at radius 2 is 2.00 bits per heavy atom. The van der Waals surface area contributed by atoms with Gasteiger partial charge >= 0.3 is 29.6 Å². The fourth-order valence-corrected chi connectivity index (χ4v) is 1.87. The Bertz CT molecular complexity index is 397. The fourth-order valence-electron chi connectivity index (χ4n) is 1.31. The molecule has 0 saturated heterocycles. The molecule has 74 valence electrons. The summed E-state index contributed by atoms with van der Waals surface area (Å²) in [6.07, 6.45) is 1.58. The number of hydrogen-bond donors (Lipinski definition) is 0. The Kier molecular flexibility index (Phi) is 4.53. The van der Waals surface area contributed by atoms with Gasteiger partial charge in [-0.05, 0) is 11.6 Å². The average molecular weight is 252 g/mol. The van der Waals surface area contributed by atoms with Gasteiger partial charge < -0.3 is 10.1 Å². The van der Waals surface area contributed by atoms with Gasteiger partial charge in [0.15, 0.2) is 0 Å². The summed E-state index contributed by atoms with van der Waals surface area (Å²) in [5, 5.41) is 3.63. The summed E-state index contributed by atoms with van der Waals surface area (Å²) in [6, 6.07) is 7.52. The molecule has 15 heavy (non-hydrogen) atoms. The Morgan fingerprint density at radius 1 is 1.33 bits per heavy atom. The van der Waals surface area contributed by atoms with Crippen molar-refractivity contribution >= 4 is 33.9 Å². The minimum atomic E-state index is -1.16. The van der Waals surface area contributed by atoms with E-state index in [0.29, 0.717) is 5.03 Å². The minimum Gasteiger partial charge on any atom is -0.640 e. The van der Waals surface area contributed by atoms with Crippen molar-refractivity contribution in [3.63, 3.8) is 0 Å². The molecule has 0 radical (unpaired) electrons. The van der Waals surface area contributed by atoms with Crippen molar-refractivity contribution in [1.29, 1.82) is 0 Å². The van der Waals surface area contributed by atoms with Gasteiger partial charge in [-0.25, -0.2) is 0 Å². The molecule has 1 aromatic carbocycles. The number of fused-ring (bicyclic) bond motifs is 1. The van der Waals surface area contributed by atoms with E-state index in [-0.39, 0.29) is 29.6 Å². The zero-order valence-corrected chi connectivity index (χ0v) is 12.0. The number of benzene rings is 1. The number of hydrogen-bond acceptors (Lipinski definition) is 1.